The molecule has 0 saturated carbocycles. The lowest BCUT2D eigenvalue weighted by molar-refractivity contribution is -0.139. The maximum atomic E-state index is 11.9. The SMILES string of the molecule is CC1CCC(CCC(=O)Nc2cccc(OCC(=O)O)c2)O1. The number of rotatable bonds is 7. The number of aliphatic carboxylic acids is 1. The molecule has 1 saturated heterocycles. The topological polar surface area (TPSA) is 84.9 Å². The normalized spacial score (nSPS) is 20.6. The Morgan fingerprint density at radius 1 is 1.41 bits per heavy atom. The third-order valence-corrected chi connectivity index (χ3v) is 3.49. The minimum atomic E-state index is -1.04. The molecule has 0 aromatic heterocycles. The molecular weight excluding hydrogens is 286 g/mol. The first-order valence-corrected chi connectivity index (χ1v) is 7.43. The zero-order valence-electron chi connectivity index (χ0n) is 12.6. The lowest BCUT2D eigenvalue weighted by Crippen LogP contribution is -2.16. The van der Waals surface area contributed by atoms with Gasteiger partial charge >= 0.3 is 5.97 Å². The van der Waals surface area contributed by atoms with Crippen LogP contribution >= 0.6 is 0 Å². The monoisotopic (exact) mass is 307 g/mol. The Morgan fingerprint density at radius 3 is 2.91 bits per heavy atom. The van der Waals surface area contributed by atoms with Crippen molar-refractivity contribution in [2.75, 3.05) is 11.9 Å². The predicted octanol–water partition coefficient (Wildman–Crippen LogP) is 2.44. The molecule has 1 aromatic rings. The highest BCUT2D eigenvalue weighted by Gasteiger charge is 2.22. The molecule has 2 atom stereocenters. The average molecular weight is 307 g/mol. The van der Waals surface area contributed by atoms with Crippen LogP contribution in [0, 0.1) is 0 Å². The van der Waals surface area contributed by atoms with E-state index >= 15 is 0 Å². The number of carboxylic acid groups (broad SMARTS) is 1. The molecule has 1 aliphatic rings. The largest absolute Gasteiger partial charge is 0.482 e. The van der Waals surface area contributed by atoms with Crippen molar-refractivity contribution in [3.8, 4) is 5.75 Å². The maximum Gasteiger partial charge on any atom is 0.341 e. The van der Waals surface area contributed by atoms with Crippen LogP contribution in [0.15, 0.2) is 24.3 Å². The van der Waals surface area contributed by atoms with Gasteiger partial charge in [0.05, 0.1) is 12.2 Å². The number of nitrogens with one attached hydrogen (secondary N) is 1. The fourth-order valence-corrected chi connectivity index (χ4v) is 2.42. The number of benzene rings is 1. The smallest absolute Gasteiger partial charge is 0.341 e. The van der Waals surface area contributed by atoms with Gasteiger partial charge in [-0.3, -0.25) is 4.79 Å². The van der Waals surface area contributed by atoms with E-state index in [2.05, 4.69) is 5.32 Å². The average Bonchev–Trinajstić information content (AvgIpc) is 2.89. The summed E-state index contributed by atoms with van der Waals surface area (Å²) in [7, 11) is 0. The van der Waals surface area contributed by atoms with Gasteiger partial charge < -0.3 is 19.9 Å². The van der Waals surface area contributed by atoms with Crippen LogP contribution in [-0.4, -0.2) is 35.8 Å². The van der Waals surface area contributed by atoms with Crippen LogP contribution in [0.5, 0.6) is 5.75 Å². The summed E-state index contributed by atoms with van der Waals surface area (Å²) in [5.74, 6) is -0.716. The maximum absolute atomic E-state index is 11.9. The molecule has 0 aliphatic carbocycles. The molecule has 6 heteroatoms. The Morgan fingerprint density at radius 2 is 2.23 bits per heavy atom. The molecule has 22 heavy (non-hydrogen) atoms. The van der Waals surface area contributed by atoms with Gasteiger partial charge in [-0.1, -0.05) is 6.07 Å². The van der Waals surface area contributed by atoms with E-state index in [1.54, 1.807) is 24.3 Å². The van der Waals surface area contributed by atoms with Crippen LogP contribution in [0.1, 0.15) is 32.6 Å². The van der Waals surface area contributed by atoms with Gasteiger partial charge in [0.25, 0.3) is 0 Å². The van der Waals surface area contributed by atoms with Gasteiger partial charge in [0.1, 0.15) is 5.75 Å². The van der Waals surface area contributed by atoms with Crippen molar-refractivity contribution in [3.05, 3.63) is 24.3 Å². The number of amides is 1. The third kappa shape index (κ3) is 5.37. The van der Waals surface area contributed by atoms with E-state index in [4.69, 9.17) is 14.6 Å². The minimum absolute atomic E-state index is 0.0847. The highest BCUT2D eigenvalue weighted by molar-refractivity contribution is 5.90. The van der Waals surface area contributed by atoms with Crippen LogP contribution < -0.4 is 10.1 Å². The fourth-order valence-electron chi connectivity index (χ4n) is 2.42. The quantitative estimate of drug-likeness (QED) is 0.808. The summed E-state index contributed by atoms with van der Waals surface area (Å²) in [6.45, 7) is 1.64. The van der Waals surface area contributed by atoms with E-state index < -0.39 is 12.6 Å². The van der Waals surface area contributed by atoms with Crippen molar-refractivity contribution < 1.29 is 24.2 Å². The third-order valence-electron chi connectivity index (χ3n) is 3.49. The lowest BCUT2D eigenvalue weighted by atomic mass is 10.1. The van der Waals surface area contributed by atoms with Crippen molar-refractivity contribution in [1.82, 2.24) is 0 Å². The van der Waals surface area contributed by atoms with Crippen LogP contribution in [0.2, 0.25) is 0 Å². The molecule has 0 radical (unpaired) electrons. The van der Waals surface area contributed by atoms with Gasteiger partial charge in [-0.05, 0) is 38.3 Å². The van der Waals surface area contributed by atoms with Crippen molar-refractivity contribution in [2.45, 2.75) is 44.8 Å². The van der Waals surface area contributed by atoms with E-state index in [1.807, 2.05) is 6.92 Å². The molecule has 120 valence electrons. The highest BCUT2D eigenvalue weighted by atomic mass is 16.5. The number of carboxylic acids is 1. The second-order valence-electron chi connectivity index (χ2n) is 5.44. The molecule has 1 aromatic carbocycles. The second kappa shape index (κ2) is 7.79. The standard InChI is InChI=1S/C16H21NO5/c1-11-5-6-13(22-11)7-8-15(18)17-12-3-2-4-14(9-12)21-10-16(19)20/h2-4,9,11,13H,5-8,10H2,1H3,(H,17,18)(H,19,20). The summed E-state index contributed by atoms with van der Waals surface area (Å²) in [5, 5.41) is 11.4. The van der Waals surface area contributed by atoms with E-state index in [-0.39, 0.29) is 18.1 Å². The molecule has 1 aliphatic heterocycles. The molecule has 6 nitrogen and oxygen atoms in total. The Hall–Kier alpha value is -2.08. The molecular formula is C16H21NO5. The first kappa shape index (κ1) is 16.3. The van der Waals surface area contributed by atoms with E-state index in [0.29, 0.717) is 24.3 Å². The van der Waals surface area contributed by atoms with E-state index in [1.165, 1.54) is 0 Å². The predicted molar refractivity (Wildman–Crippen MR) is 81.0 cm³/mol. The van der Waals surface area contributed by atoms with Crippen LogP contribution in [-0.2, 0) is 14.3 Å². The summed E-state index contributed by atoms with van der Waals surface area (Å²) in [4.78, 5) is 22.4. The molecule has 1 fully saturated rings. The van der Waals surface area contributed by atoms with E-state index in [0.717, 1.165) is 12.8 Å². The number of carbonyl (C=O) groups excluding carboxylic acids is 1. The van der Waals surface area contributed by atoms with Crippen LogP contribution in [0.25, 0.3) is 0 Å². The molecule has 1 amide bonds. The van der Waals surface area contributed by atoms with Crippen molar-refractivity contribution in [1.29, 1.82) is 0 Å². The number of carbonyl (C=O) groups is 2. The van der Waals surface area contributed by atoms with Gasteiger partial charge in [0, 0.05) is 18.2 Å². The van der Waals surface area contributed by atoms with Gasteiger partial charge in [-0.2, -0.15) is 0 Å². The molecule has 2 rings (SSSR count). The highest BCUT2D eigenvalue weighted by Crippen LogP contribution is 2.23. The zero-order valence-corrected chi connectivity index (χ0v) is 12.6. The fraction of sp³-hybridized carbons (Fsp3) is 0.500. The van der Waals surface area contributed by atoms with Crippen molar-refractivity contribution in [2.24, 2.45) is 0 Å². The molecule has 1 heterocycles. The van der Waals surface area contributed by atoms with Gasteiger partial charge in [0.2, 0.25) is 5.91 Å². The van der Waals surface area contributed by atoms with E-state index in [9.17, 15) is 9.59 Å². The molecule has 2 N–H and O–H groups in total. The Kier molecular flexibility index (Phi) is 5.77. The number of anilines is 1. The Labute approximate surface area is 129 Å². The summed E-state index contributed by atoms with van der Waals surface area (Å²) < 4.78 is 10.8. The summed E-state index contributed by atoms with van der Waals surface area (Å²) in [5.41, 5.74) is 0.591. The lowest BCUT2D eigenvalue weighted by Gasteiger charge is -2.11. The minimum Gasteiger partial charge on any atom is -0.482 e. The number of ether oxygens (including phenoxy) is 2. The van der Waals surface area contributed by atoms with Crippen molar-refractivity contribution in [3.63, 3.8) is 0 Å². The first-order chi connectivity index (χ1) is 10.5. The molecule has 2 unspecified atom stereocenters. The first-order valence-electron chi connectivity index (χ1n) is 7.43. The second-order valence-corrected chi connectivity index (χ2v) is 5.44. The molecule has 0 spiro atoms. The van der Waals surface area contributed by atoms with Crippen LogP contribution in [0.4, 0.5) is 5.69 Å². The van der Waals surface area contributed by atoms with Crippen LogP contribution in [0.3, 0.4) is 0 Å². The number of hydrogen-bond donors (Lipinski definition) is 2. The Bertz CT molecular complexity index is 531. The van der Waals surface area contributed by atoms with Gasteiger partial charge in [0.15, 0.2) is 6.61 Å². The zero-order chi connectivity index (χ0) is 15.9. The summed E-state index contributed by atoms with van der Waals surface area (Å²) in [6, 6.07) is 6.69. The van der Waals surface area contributed by atoms with Crippen molar-refractivity contribution >= 4 is 17.6 Å². The summed E-state index contributed by atoms with van der Waals surface area (Å²) >= 11 is 0. The Balaban J connectivity index is 1.78. The number of hydrogen-bond acceptors (Lipinski definition) is 4. The van der Waals surface area contributed by atoms with Gasteiger partial charge in [-0.25, -0.2) is 4.79 Å². The van der Waals surface area contributed by atoms with Gasteiger partial charge in [-0.15, -0.1) is 0 Å². The molecule has 0 bridgehead atoms. The summed E-state index contributed by atoms with van der Waals surface area (Å²) in [6.07, 6.45) is 3.63.